The van der Waals surface area contributed by atoms with Crippen LogP contribution in [0, 0.1) is 0 Å². The number of pyridine rings is 1. The summed E-state index contributed by atoms with van der Waals surface area (Å²) in [5.41, 5.74) is 1.47. The second-order valence-corrected chi connectivity index (χ2v) is 5.13. The molecule has 0 saturated heterocycles. The van der Waals surface area contributed by atoms with Crippen molar-refractivity contribution in [1.82, 2.24) is 15.6 Å². The van der Waals surface area contributed by atoms with Crippen LogP contribution in [0.25, 0.3) is 0 Å². The molecule has 0 aliphatic carbocycles. The highest BCUT2D eigenvalue weighted by Crippen LogP contribution is 2.13. The minimum absolute atomic E-state index is 0.0974. The highest BCUT2D eigenvalue weighted by atomic mass is 16.5. The Morgan fingerprint density at radius 1 is 1.08 bits per heavy atom. The fourth-order valence-electron chi connectivity index (χ4n) is 2.01. The van der Waals surface area contributed by atoms with E-state index >= 15 is 0 Å². The quantitative estimate of drug-likeness (QED) is 0.648. The zero-order chi connectivity index (χ0) is 17.0. The minimum atomic E-state index is -0.0974. The van der Waals surface area contributed by atoms with E-state index in [0.717, 1.165) is 12.2 Å². The normalized spacial score (nSPS) is 10.4. The summed E-state index contributed by atoms with van der Waals surface area (Å²) in [5, 5.41) is 6.03. The van der Waals surface area contributed by atoms with Crippen molar-refractivity contribution in [1.29, 1.82) is 0 Å². The Kier molecular flexibility index (Phi) is 7.73. The minimum Gasteiger partial charge on any atom is -0.487 e. The number of benzene rings is 1. The van der Waals surface area contributed by atoms with Crippen molar-refractivity contribution < 1.29 is 14.3 Å². The molecule has 2 rings (SSSR count). The van der Waals surface area contributed by atoms with Crippen molar-refractivity contribution in [3.8, 4) is 5.75 Å². The first-order valence-corrected chi connectivity index (χ1v) is 7.90. The third-order valence-electron chi connectivity index (χ3n) is 3.30. The summed E-state index contributed by atoms with van der Waals surface area (Å²) in [4.78, 5) is 16.2. The molecule has 24 heavy (non-hydrogen) atoms. The Morgan fingerprint density at radius 2 is 1.92 bits per heavy atom. The zero-order valence-corrected chi connectivity index (χ0v) is 13.8. The maximum absolute atomic E-state index is 12.0. The largest absolute Gasteiger partial charge is 0.487 e. The molecule has 128 valence electrons. The van der Waals surface area contributed by atoms with Crippen LogP contribution < -0.4 is 15.4 Å². The van der Waals surface area contributed by atoms with Gasteiger partial charge in [-0.2, -0.15) is 0 Å². The number of hydrogen-bond donors (Lipinski definition) is 2. The highest BCUT2D eigenvalue weighted by molar-refractivity contribution is 5.94. The number of methoxy groups -OCH3 is 1. The van der Waals surface area contributed by atoms with Gasteiger partial charge in [0.2, 0.25) is 0 Å². The van der Waals surface area contributed by atoms with E-state index in [9.17, 15) is 4.79 Å². The molecule has 0 fully saturated rings. The van der Waals surface area contributed by atoms with Gasteiger partial charge in [0.15, 0.2) is 0 Å². The van der Waals surface area contributed by atoms with Gasteiger partial charge in [-0.05, 0) is 36.4 Å². The lowest BCUT2D eigenvalue weighted by atomic mass is 10.2. The van der Waals surface area contributed by atoms with Crippen molar-refractivity contribution in [3.05, 3.63) is 59.9 Å². The Hall–Kier alpha value is -2.44. The van der Waals surface area contributed by atoms with Crippen LogP contribution in [0.4, 0.5) is 0 Å². The number of rotatable bonds is 10. The molecule has 0 saturated carbocycles. The summed E-state index contributed by atoms with van der Waals surface area (Å²) in [6.45, 7) is 3.11. The standard InChI is InChI=1S/C18H23N3O3/c1-23-13-12-19-10-11-21-18(22)15-5-7-17(8-6-15)24-14-16-4-2-3-9-20-16/h2-9,19H,10-14H2,1H3,(H,21,22). The molecule has 1 aromatic heterocycles. The van der Waals surface area contributed by atoms with Crippen molar-refractivity contribution in [2.24, 2.45) is 0 Å². The first kappa shape index (κ1) is 17.9. The molecule has 0 bridgehead atoms. The van der Waals surface area contributed by atoms with Crippen LogP contribution in [0.3, 0.4) is 0 Å². The first-order valence-electron chi connectivity index (χ1n) is 7.90. The molecule has 1 amide bonds. The fraction of sp³-hybridized carbons (Fsp3) is 0.333. The number of amides is 1. The van der Waals surface area contributed by atoms with Crippen molar-refractivity contribution >= 4 is 5.91 Å². The average Bonchev–Trinajstić information content (AvgIpc) is 2.64. The van der Waals surface area contributed by atoms with Gasteiger partial charge < -0.3 is 20.1 Å². The summed E-state index contributed by atoms with van der Waals surface area (Å²) in [6.07, 6.45) is 1.73. The number of carbonyl (C=O) groups excluding carboxylic acids is 1. The lowest BCUT2D eigenvalue weighted by molar-refractivity contribution is 0.0953. The van der Waals surface area contributed by atoms with E-state index in [1.807, 2.05) is 18.2 Å². The average molecular weight is 329 g/mol. The van der Waals surface area contributed by atoms with Crippen LogP contribution >= 0.6 is 0 Å². The van der Waals surface area contributed by atoms with E-state index < -0.39 is 0 Å². The van der Waals surface area contributed by atoms with Crippen molar-refractivity contribution in [2.45, 2.75) is 6.61 Å². The van der Waals surface area contributed by atoms with Crippen LogP contribution in [-0.2, 0) is 11.3 Å². The van der Waals surface area contributed by atoms with Gasteiger partial charge in [0.05, 0.1) is 12.3 Å². The van der Waals surface area contributed by atoms with E-state index in [4.69, 9.17) is 9.47 Å². The molecular formula is C18H23N3O3. The molecule has 1 heterocycles. The molecule has 6 nitrogen and oxygen atoms in total. The molecule has 0 aliphatic rings. The van der Waals surface area contributed by atoms with Crippen molar-refractivity contribution in [2.75, 3.05) is 33.4 Å². The number of hydrogen-bond acceptors (Lipinski definition) is 5. The maximum Gasteiger partial charge on any atom is 0.251 e. The Balaban J connectivity index is 1.71. The third kappa shape index (κ3) is 6.36. The number of aromatic nitrogens is 1. The number of carbonyl (C=O) groups is 1. The predicted octanol–water partition coefficient (Wildman–Crippen LogP) is 1.63. The summed E-state index contributed by atoms with van der Waals surface area (Å²) in [5.74, 6) is 0.609. The monoisotopic (exact) mass is 329 g/mol. The van der Waals surface area contributed by atoms with Gasteiger partial charge in [0.25, 0.3) is 5.91 Å². The van der Waals surface area contributed by atoms with E-state index in [1.54, 1.807) is 37.6 Å². The van der Waals surface area contributed by atoms with Crippen LogP contribution in [0.15, 0.2) is 48.7 Å². The van der Waals surface area contributed by atoms with E-state index in [2.05, 4.69) is 15.6 Å². The lowest BCUT2D eigenvalue weighted by Crippen LogP contribution is -2.33. The molecule has 0 atom stereocenters. The van der Waals surface area contributed by atoms with Gasteiger partial charge >= 0.3 is 0 Å². The van der Waals surface area contributed by atoms with E-state index in [-0.39, 0.29) is 5.91 Å². The Labute approximate surface area is 142 Å². The van der Waals surface area contributed by atoms with Gasteiger partial charge in [-0.3, -0.25) is 9.78 Å². The molecule has 2 N–H and O–H groups in total. The number of nitrogens with zero attached hydrogens (tertiary/aromatic N) is 1. The molecule has 0 aliphatic heterocycles. The van der Waals surface area contributed by atoms with Gasteiger partial charge in [0, 0.05) is 38.5 Å². The highest BCUT2D eigenvalue weighted by Gasteiger charge is 2.05. The Morgan fingerprint density at radius 3 is 2.62 bits per heavy atom. The molecular weight excluding hydrogens is 306 g/mol. The molecule has 6 heteroatoms. The fourth-order valence-corrected chi connectivity index (χ4v) is 2.01. The van der Waals surface area contributed by atoms with Crippen LogP contribution in [0.1, 0.15) is 16.1 Å². The Bertz CT molecular complexity index is 603. The van der Waals surface area contributed by atoms with Crippen LogP contribution in [-0.4, -0.2) is 44.2 Å². The summed E-state index contributed by atoms with van der Waals surface area (Å²) >= 11 is 0. The first-order chi connectivity index (χ1) is 11.8. The number of ether oxygens (including phenoxy) is 2. The molecule has 0 unspecified atom stereocenters. The summed E-state index contributed by atoms with van der Waals surface area (Å²) in [7, 11) is 1.66. The van der Waals surface area contributed by atoms with Gasteiger partial charge in [-0.15, -0.1) is 0 Å². The van der Waals surface area contributed by atoms with E-state index in [0.29, 0.717) is 37.6 Å². The van der Waals surface area contributed by atoms with Crippen molar-refractivity contribution in [3.63, 3.8) is 0 Å². The summed E-state index contributed by atoms with van der Waals surface area (Å²) < 4.78 is 10.6. The zero-order valence-electron chi connectivity index (χ0n) is 13.8. The molecule has 0 radical (unpaired) electrons. The SMILES string of the molecule is COCCNCCNC(=O)c1ccc(OCc2ccccn2)cc1. The maximum atomic E-state index is 12.0. The summed E-state index contributed by atoms with van der Waals surface area (Å²) in [6, 6.07) is 12.8. The second kappa shape index (κ2) is 10.4. The topological polar surface area (TPSA) is 72.5 Å². The van der Waals surface area contributed by atoms with Crippen LogP contribution in [0.5, 0.6) is 5.75 Å². The van der Waals surface area contributed by atoms with Gasteiger partial charge in [-0.1, -0.05) is 6.07 Å². The van der Waals surface area contributed by atoms with Gasteiger partial charge in [0.1, 0.15) is 12.4 Å². The van der Waals surface area contributed by atoms with E-state index in [1.165, 1.54) is 0 Å². The molecule has 2 aromatic rings. The smallest absolute Gasteiger partial charge is 0.251 e. The van der Waals surface area contributed by atoms with Crippen LogP contribution in [0.2, 0.25) is 0 Å². The third-order valence-corrected chi connectivity index (χ3v) is 3.30. The predicted molar refractivity (Wildman–Crippen MR) is 92.1 cm³/mol. The molecule has 0 spiro atoms. The second-order valence-electron chi connectivity index (χ2n) is 5.13. The lowest BCUT2D eigenvalue weighted by Gasteiger charge is -2.08. The van der Waals surface area contributed by atoms with Gasteiger partial charge in [-0.25, -0.2) is 0 Å². The molecule has 1 aromatic carbocycles. The number of nitrogens with one attached hydrogen (secondary N) is 2.